The minimum absolute atomic E-state index is 0.194. The summed E-state index contributed by atoms with van der Waals surface area (Å²) in [5.74, 6) is 0.0752. The molecule has 0 aliphatic rings. The Bertz CT molecular complexity index is 791. The fourth-order valence-electron chi connectivity index (χ4n) is 2.20. The van der Waals surface area contributed by atoms with Crippen molar-refractivity contribution in [1.29, 1.82) is 0 Å². The van der Waals surface area contributed by atoms with E-state index in [1.54, 1.807) is 12.1 Å². The number of nitrogens with two attached hydrogens (primary N) is 1. The second-order valence-electron chi connectivity index (χ2n) is 5.16. The van der Waals surface area contributed by atoms with Gasteiger partial charge in [-0.05, 0) is 12.5 Å². The van der Waals surface area contributed by atoms with Crippen LogP contribution in [0.1, 0.15) is 27.2 Å². The smallest absolute Gasteiger partial charge is 0.217 e. The Labute approximate surface area is 128 Å². The number of hydrogen-bond donors (Lipinski definition) is 1. The van der Waals surface area contributed by atoms with Crippen LogP contribution in [-0.4, -0.2) is 20.8 Å². The lowest BCUT2D eigenvalue weighted by molar-refractivity contribution is 0.103. The molecule has 110 valence electrons. The van der Waals surface area contributed by atoms with Gasteiger partial charge in [-0.2, -0.15) is 0 Å². The minimum Gasteiger partial charge on any atom is -0.382 e. The number of ketones is 1. The largest absolute Gasteiger partial charge is 0.382 e. The highest BCUT2D eigenvalue weighted by atomic mass is 16.1. The first-order valence-electron chi connectivity index (χ1n) is 6.99. The highest BCUT2D eigenvalue weighted by Crippen LogP contribution is 2.16. The number of aromatic nitrogens is 3. The van der Waals surface area contributed by atoms with E-state index in [0.29, 0.717) is 12.1 Å². The van der Waals surface area contributed by atoms with Crippen LogP contribution in [0.5, 0.6) is 0 Å². The van der Waals surface area contributed by atoms with Gasteiger partial charge in [0.1, 0.15) is 0 Å². The van der Waals surface area contributed by atoms with Crippen molar-refractivity contribution in [2.75, 3.05) is 5.73 Å². The predicted molar refractivity (Wildman–Crippen MR) is 84.6 cm³/mol. The SMILES string of the molecule is Cc1ccc(C(=O)c2nnn(Cc3ccccc3)c2N)cc1. The molecule has 3 aromatic rings. The topological polar surface area (TPSA) is 73.8 Å². The van der Waals surface area contributed by atoms with Gasteiger partial charge in [-0.25, -0.2) is 4.68 Å². The molecule has 2 aromatic carbocycles. The number of rotatable bonds is 4. The number of aryl methyl sites for hydroxylation is 1. The van der Waals surface area contributed by atoms with Crippen LogP contribution >= 0.6 is 0 Å². The molecule has 0 aliphatic carbocycles. The molecule has 0 bridgehead atoms. The zero-order chi connectivity index (χ0) is 15.5. The Hall–Kier alpha value is -2.95. The molecule has 0 saturated carbocycles. The second kappa shape index (κ2) is 5.81. The molecule has 1 aromatic heterocycles. The van der Waals surface area contributed by atoms with Crippen molar-refractivity contribution in [2.24, 2.45) is 0 Å². The molecule has 0 fully saturated rings. The van der Waals surface area contributed by atoms with Gasteiger partial charge in [-0.3, -0.25) is 4.79 Å². The van der Waals surface area contributed by atoms with Gasteiger partial charge < -0.3 is 5.73 Å². The van der Waals surface area contributed by atoms with E-state index >= 15 is 0 Å². The Balaban J connectivity index is 1.87. The lowest BCUT2D eigenvalue weighted by atomic mass is 10.1. The Morgan fingerprint density at radius 2 is 1.77 bits per heavy atom. The number of hydrogen-bond acceptors (Lipinski definition) is 4. The molecular weight excluding hydrogens is 276 g/mol. The monoisotopic (exact) mass is 292 g/mol. The lowest BCUT2D eigenvalue weighted by Crippen LogP contribution is -2.09. The molecule has 0 saturated heterocycles. The summed E-state index contributed by atoms with van der Waals surface area (Å²) in [6, 6.07) is 17.1. The van der Waals surface area contributed by atoms with Gasteiger partial charge in [0, 0.05) is 5.56 Å². The molecule has 0 radical (unpaired) electrons. The first-order chi connectivity index (χ1) is 10.6. The van der Waals surface area contributed by atoms with E-state index in [-0.39, 0.29) is 17.3 Å². The van der Waals surface area contributed by atoms with Crippen LogP contribution in [0, 0.1) is 6.92 Å². The molecule has 22 heavy (non-hydrogen) atoms. The van der Waals surface area contributed by atoms with Crippen LogP contribution in [0.4, 0.5) is 5.82 Å². The first kappa shape index (κ1) is 14.0. The molecule has 0 atom stereocenters. The van der Waals surface area contributed by atoms with E-state index in [1.165, 1.54) is 4.68 Å². The number of anilines is 1. The number of benzene rings is 2. The molecule has 0 spiro atoms. The first-order valence-corrected chi connectivity index (χ1v) is 6.99. The standard InChI is InChI=1S/C17H16N4O/c1-12-7-9-14(10-8-12)16(22)15-17(18)21(20-19-15)11-13-5-3-2-4-6-13/h2-10H,11,18H2,1H3. The van der Waals surface area contributed by atoms with E-state index in [9.17, 15) is 4.79 Å². The van der Waals surface area contributed by atoms with E-state index in [2.05, 4.69) is 10.3 Å². The van der Waals surface area contributed by atoms with Crippen LogP contribution in [-0.2, 0) is 6.54 Å². The van der Waals surface area contributed by atoms with Crippen molar-refractivity contribution in [3.63, 3.8) is 0 Å². The molecular formula is C17H16N4O. The van der Waals surface area contributed by atoms with Gasteiger partial charge in [0.2, 0.25) is 5.78 Å². The third-order valence-electron chi connectivity index (χ3n) is 3.48. The zero-order valence-corrected chi connectivity index (χ0v) is 12.2. The van der Waals surface area contributed by atoms with E-state index < -0.39 is 0 Å². The third kappa shape index (κ3) is 2.74. The Morgan fingerprint density at radius 3 is 2.45 bits per heavy atom. The van der Waals surface area contributed by atoms with Crippen LogP contribution in [0.2, 0.25) is 0 Å². The number of nitrogen functional groups attached to an aromatic ring is 1. The minimum atomic E-state index is -0.211. The van der Waals surface area contributed by atoms with Crippen molar-refractivity contribution in [3.05, 3.63) is 77.0 Å². The van der Waals surface area contributed by atoms with Gasteiger partial charge in [0.25, 0.3) is 0 Å². The van der Waals surface area contributed by atoms with E-state index in [4.69, 9.17) is 5.73 Å². The molecule has 0 amide bonds. The molecule has 2 N–H and O–H groups in total. The maximum absolute atomic E-state index is 12.4. The van der Waals surface area contributed by atoms with Gasteiger partial charge in [-0.1, -0.05) is 65.4 Å². The lowest BCUT2D eigenvalue weighted by Gasteiger charge is -2.04. The molecule has 1 heterocycles. The average molecular weight is 292 g/mol. The quantitative estimate of drug-likeness (QED) is 0.750. The number of carbonyl (C=O) groups excluding carboxylic acids is 1. The van der Waals surface area contributed by atoms with Crippen molar-refractivity contribution < 1.29 is 4.79 Å². The van der Waals surface area contributed by atoms with Gasteiger partial charge in [0.05, 0.1) is 6.54 Å². The average Bonchev–Trinajstić information content (AvgIpc) is 2.89. The maximum Gasteiger partial charge on any atom is 0.217 e. The van der Waals surface area contributed by atoms with Crippen LogP contribution < -0.4 is 5.73 Å². The fourth-order valence-corrected chi connectivity index (χ4v) is 2.20. The van der Waals surface area contributed by atoms with Crippen LogP contribution in [0.15, 0.2) is 54.6 Å². The van der Waals surface area contributed by atoms with Crippen molar-refractivity contribution in [2.45, 2.75) is 13.5 Å². The fraction of sp³-hybridized carbons (Fsp3) is 0.118. The summed E-state index contributed by atoms with van der Waals surface area (Å²) >= 11 is 0. The van der Waals surface area contributed by atoms with Crippen molar-refractivity contribution in [1.82, 2.24) is 15.0 Å². The molecule has 5 nitrogen and oxygen atoms in total. The Morgan fingerprint density at radius 1 is 1.09 bits per heavy atom. The van der Waals surface area contributed by atoms with Gasteiger partial charge in [-0.15, -0.1) is 5.10 Å². The zero-order valence-electron chi connectivity index (χ0n) is 12.2. The van der Waals surface area contributed by atoms with Crippen LogP contribution in [0.25, 0.3) is 0 Å². The van der Waals surface area contributed by atoms with E-state index in [0.717, 1.165) is 11.1 Å². The maximum atomic E-state index is 12.4. The highest BCUT2D eigenvalue weighted by Gasteiger charge is 2.19. The second-order valence-corrected chi connectivity index (χ2v) is 5.16. The summed E-state index contributed by atoms with van der Waals surface area (Å²) in [6.07, 6.45) is 0. The van der Waals surface area contributed by atoms with Crippen molar-refractivity contribution in [3.8, 4) is 0 Å². The summed E-state index contributed by atoms with van der Waals surface area (Å²) in [4.78, 5) is 12.4. The molecule has 0 unspecified atom stereocenters. The number of nitrogens with zero attached hydrogens (tertiary/aromatic N) is 3. The summed E-state index contributed by atoms with van der Waals surface area (Å²) in [6.45, 7) is 2.46. The third-order valence-corrected chi connectivity index (χ3v) is 3.48. The van der Waals surface area contributed by atoms with Gasteiger partial charge >= 0.3 is 0 Å². The predicted octanol–water partition coefficient (Wildman–Crippen LogP) is 2.45. The highest BCUT2D eigenvalue weighted by molar-refractivity contribution is 6.10. The van der Waals surface area contributed by atoms with Crippen LogP contribution in [0.3, 0.4) is 0 Å². The summed E-state index contributed by atoms with van der Waals surface area (Å²) in [5, 5.41) is 7.95. The molecule has 0 aliphatic heterocycles. The summed E-state index contributed by atoms with van der Waals surface area (Å²) in [5.41, 5.74) is 8.93. The summed E-state index contributed by atoms with van der Waals surface area (Å²) in [7, 11) is 0. The normalized spacial score (nSPS) is 10.6. The Kier molecular flexibility index (Phi) is 3.70. The summed E-state index contributed by atoms with van der Waals surface area (Å²) < 4.78 is 1.54. The van der Waals surface area contributed by atoms with Gasteiger partial charge in [0.15, 0.2) is 11.5 Å². The molecule has 5 heteroatoms. The van der Waals surface area contributed by atoms with E-state index in [1.807, 2.05) is 49.4 Å². The van der Waals surface area contributed by atoms with Crippen molar-refractivity contribution >= 4 is 11.6 Å². The molecule has 3 rings (SSSR count). The number of carbonyl (C=O) groups is 1.